The van der Waals surface area contributed by atoms with Crippen LogP contribution >= 0.6 is 0 Å². The van der Waals surface area contributed by atoms with E-state index in [1.807, 2.05) is 24.6 Å². The van der Waals surface area contributed by atoms with Crippen LogP contribution in [0.25, 0.3) is 0 Å². The molecule has 2 rings (SSSR count). The van der Waals surface area contributed by atoms with Crippen molar-refractivity contribution in [2.24, 2.45) is 0 Å². The Hall–Kier alpha value is -1.68. The van der Waals surface area contributed by atoms with E-state index in [1.165, 1.54) is 17.3 Å². The summed E-state index contributed by atoms with van der Waals surface area (Å²) in [6.45, 7) is 10.8. The Morgan fingerprint density at radius 2 is 2.00 bits per heavy atom. The van der Waals surface area contributed by atoms with E-state index in [1.54, 1.807) is 6.07 Å². The molecule has 0 aliphatic carbocycles. The first-order valence-corrected chi connectivity index (χ1v) is 7.51. The molecule has 2 aromatic rings. The first-order valence-electron chi connectivity index (χ1n) is 7.51. The van der Waals surface area contributed by atoms with Crippen LogP contribution in [0, 0.1) is 26.6 Å². The summed E-state index contributed by atoms with van der Waals surface area (Å²) in [6.07, 6.45) is 0.980. The quantitative estimate of drug-likeness (QED) is 0.828. The molecule has 114 valence electrons. The van der Waals surface area contributed by atoms with E-state index in [-0.39, 0.29) is 5.82 Å². The van der Waals surface area contributed by atoms with Crippen LogP contribution in [0.3, 0.4) is 0 Å². The number of aromatic nitrogens is 2. The third kappa shape index (κ3) is 3.70. The molecular formula is C17H24FN3. The molecule has 0 fully saturated rings. The average molecular weight is 289 g/mol. The molecule has 4 heteroatoms. The molecule has 1 aromatic carbocycles. The molecule has 3 nitrogen and oxygen atoms in total. The van der Waals surface area contributed by atoms with Crippen LogP contribution in [0.5, 0.6) is 0 Å². The maximum Gasteiger partial charge on any atom is 0.123 e. The van der Waals surface area contributed by atoms with Crippen molar-refractivity contribution in [3.63, 3.8) is 0 Å². The Kier molecular flexibility index (Phi) is 5.12. The van der Waals surface area contributed by atoms with Crippen LogP contribution in [-0.4, -0.2) is 22.9 Å². The monoisotopic (exact) mass is 289 g/mol. The summed E-state index contributed by atoms with van der Waals surface area (Å²) in [7, 11) is 0. The summed E-state index contributed by atoms with van der Waals surface area (Å²) in [5, 5.41) is 7.96. The van der Waals surface area contributed by atoms with Crippen LogP contribution in [0.2, 0.25) is 0 Å². The Morgan fingerprint density at radius 3 is 2.71 bits per heavy atom. The second-order valence-electron chi connectivity index (χ2n) is 5.48. The lowest BCUT2D eigenvalue weighted by Gasteiger charge is -2.09. The summed E-state index contributed by atoms with van der Waals surface area (Å²) in [5.41, 5.74) is 5.62. The molecule has 0 unspecified atom stereocenters. The Balaban J connectivity index is 2.21. The fourth-order valence-corrected chi connectivity index (χ4v) is 2.61. The zero-order valence-electron chi connectivity index (χ0n) is 13.3. The van der Waals surface area contributed by atoms with Crippen LogP contribution < -0.4 is 5.32 Å². The highest BCUT2D eigenvalue weighted by atomic mass is 19.1. The third-order valence-corrected chi connectivity index (χ3v) is 3.96. The molecule has 0 radical (unpaired) electrons. The van der Waals surface area contributed by atoms with Crippen molar-refractivity contribution in [3.8, 4) is 0 Å². The minimum Gasteiger partial charge on any atom is -0.317 e. The van der Waals surface area contributed by atoms with Gasteiger partial charge in [0, 0.05) is 5.69 Å². The van der Waals surface area contributed by atoms with Crippen molar-refractivity contribution < 1.29 is 4.39 Å². The van der Waals surface area contributed by atoms with Crippen LogP contribution in [-0.2, 0) is 13.0 Å². The van der Waals surface area contributed by atoms with Crippen molar-refractivity contribution in [2.45, 2.75) is 40.7 Å². The van der Waals surface area contributed by atoms with Crippen molar-refractivity contribution in [3.05, 3.63) is 52.1 Å². The van der Waals surface area contributed by atoms with Crippen molar-refractivity contribution in [2.75, 3.05) is 13.1 Å². The maximum absolute atomic E-state index is 13.4. The van der Waals surface area contributed by atoms with E-state index in [0.29, 0.717) is 6.54 Å². The van der Waals surface area contributed by atoms with Gasteiger partial charge in [-0.05, 0) is 69.1 Å². The van der Waals surface area contributed by atoms with Gasteiger partial charge in [-0.25, -0.2) is 4.39 Å². The van der Waals surface area contributed by atoms with Crippen LogP contribution in [0.1, 0.15) is 35.0 Å². The fraction of sp³-hybridized carbons (Fsp3) is 0.471. The van der Waals surface area contributed by atoms with E-state index >= 15 is 0 Å². The molecule has 1 N–H and O–H groups in total. The smallest absolute Gasteiger partial charge is 0.123 e. The van der Waals surface area contributed by atoms with Crippen LogP contribution in [0.4, 0.5) is 4.39 Å². The molecule has 0 atom stereocenters. The number of likely N-dealkylation sites (N-methyl/N-ethyl adjacent to an activating group) is 1. The lowest BCUT2D eigenvalue weighted by atomic mass is 10.1. The number of rotatable bonds is 6. The molecule has 0 saturated heterocycles. The van der Waals surface area contributed by atoms with Gasteiger partial charge in [0.15, 0.2) is 0 Å². The van der Waals surface area contributed by atoms with E-state index in [9.17, 15) is 4.39 Å². The zero-order chi connectivity index (χ0) is 15.4. The maximum atomic E-state index is 13.4. The molecule has 21 heavy (non-hydrogen) atoms. The van der Waals surface area contributed by atoms with Crippen molar-refractivity contribution in [1.82, 2.24) is 15.1 Å². The fourth-order valence-electron chi connectivity index (χ4n) is 2.61. The number of hydrogen-bond acceptors (Lipinski definition) is 2. The zero-order valence-corrected chi connectivity index (χ0v) is 13.3. The average Bonchev–Trinajstić information content (AvgIpc) is 2.70. The molecule has 0 spiro atoms. The second-order valence-corrected chi connectivity index (χ2v) is 5.48. The van der Waals surface area contributed by atoms with Gasteiger partial charge in [0.25, 0.3) is 0 Å². The van der Waals surface area contributed by atoms with Crippen LogP contribution in [0.15, 0.2) is 18.2 Å². The number of nitrogens with one attached hydrogen (secondary N) is 1. The van der Waals surface area contributed by atoms with Gasteiger partial charge in [0.2, 0.25) is 0 Å². The van der Waals surface area contributed by atoms with E-state index in [0.717, 1.165) is 36.3 Å². The summed E-state index contributed by atoms with van der Waals surface area (Å²) in [5.74, 6) is -0.190. The van der Waals surface area contributed by atoms with Gasteiger partial charge in [0.05, 0.1) is 12.2 Å². The number of hydrogen-bond donors (Lipinski definition) is 1. The van der Waals surface area contributed by atoms with Gasteiger partial charge in [-0.2, -0.15) is 5.10 Å². The molecule has 0 bridgehead atoms. The molecule has 0 aliphatic heterocycles. The molecule has 0 aliphatic rings. The summed E-state index contributed by atoms with van der Waals surface area (Å²) < 4.78 is 15.4. The summed E-state index contributed by atoms with van der Waals surface area (Å²) in [4.78, 5) is 0. The highest BCUT2D eigenvalue weighted by Gasteiger charge is 2.12. The summed E-state index contributed by atoms with van der Waals surface area (Å²) >= 11 is 0. The second kappa shape index (κ2) is 6.85. The number of nitrogens with zero attached hydrogens (tertiary/aromatic N) is 2. The first kappa shape index (κ1) is 15.7. The van der Waals surface area contributed by atoms with E-state index in [2.05, 4.69) is 24.3 Å². The van der Waals surface area contributed by atoms with Gasteiger partial charge in [-0.1, -0.05) is 13.0 Å². The van der Waals surface area contributed by atoms with E-state index in [4.69, 9.17) is 0 Å². The standard InChI is InChI=1S/C17H24FN3/c1-5-19-9-8-17-13(3)20-21(14(17)4)11-15-10-16(18)7-6-12(15)2/h6-7,10,19H,5,8-9,11H2,1-4H3. The predicted molar refractivity (Wildman–Crippen MR) is 84.2 cm³/mol. The minimum atomic E-state index is -0.190. The van der Waals surface area contributed by atoms with Crippen molar-refractivity contribution in [1.29, 1.82) is 0 Å². The Bertz CT molecular complexity index is 617. The molecule has 1 heterocycles. The molecular weight excluding hydrogens is 265 g/mol. The van der Waals surface area contributed by atoms with Gasteiger partial charge in [-0.15, -0.1) is 0 Å². The van der Waals surface area contributed by atoms with Crippen molar-refractivity contribution >= 4 is 0 Å². The first-order chi connectivity index (χ1) is 10.0. The topological polar surface area (TPSA) is 29.9 Å². The van der Waals surface area contributed by atoms with Gasteiger partial charge in [-0.3, -0.25) is 4.68 Å². The molecule has 0 amide bonds. The molecule has 0 saturated carbocycles. The molecule has 1 aromatic heterocycles. The SMILES string of the molecule is CCNCCc1c(C)nn(Cc2cc(F)ccc2C)c1C. The largest absolute Gasteiger partial charge is 0.317 e. The Morgan fingerprint density at radius 1 is 1.24 bits per heavy atom. The number of benzene rings is 1. The summed E-state index contributed by atoms with van der Waals surface area (Å²) in [6, 6.07) is 4.93. The third-order valence-electron chi connectivity index (χ3n) is 3.96. The minimum absolute atomic E-state index is 0.190. The highest BCUT2D eigenvalue weighted by Crippen LogP contribution is 2.17. The lowest BCUT2D eigenvalue weighted by Crippen LogP contribution is -2.16. The van der Waals surface area contributed by atoms with Gasteiger partial charge < -0.3 is 5.32 Å². The highest BCUT2D eigenvalue weighted by molar-refractivity contribution is 5.29. The van der Waals surface area contributed by atoms with E-state index < -0.39 is 0 Å². The van der Waals surface area contributed by atoms with Gasteiger partial charge >= 0.3 is 0 Å². The number of halogens is 1. The van der Waals surface area contributed by atoms with Gasteiger partial charge in [0.1, 0.15) is 5.82 Å². The predicted octanol–water partition coefficient (Wildman–Crippen LogP) is 3.15. The lowest BCUT2D eigenvalue weighted by molar-refractivity contribution is 0.613. The number of aryl methyl sites for hydroxylation is 2. The Labute approximate surface area is 126 Å². The normalized spacial score (nSPS) is 11.1.